The first-order valence-electron chi connectivity index (χ1n) is 8.88. The van der Waals surface area contributed by atoms with Crippen molar-refractivity contribution >= 4 is 5.95 Å². The molecule has 4 heteroatoms. The highest BCUT2D eigenvalue weighted by Crippen LogP contribution is 2.32. The molecule has 0 bridgehead atoms. The van der Waals surface area contributed by atoms with Crippen LogP contribution in [0.3, 0.4) is 0 Å². The number of nitrogens with zero attached hydrogens (tertiary/aromatic N) is 4. The van der Waals surface area contributed by atoms with Gasteiger partial charge in [0.05, 0.1) is 0 Å². The minimum absolute atomic E-state index is 0.447. The maximum Gasteiger partial charge on any atom is 0.246 e. The Hall–Kier alpha value is -2.75. The molecule has 4 nitrogen and oxygen atoms in total. The Morgan fingerprint density at radius 1 is 0.720 bits per heavy atom. The van der Waals surface area contributed by atoms with Gasteiger partial charge in [0.25, 0.3) is 0 Å². The van der Waals surface area contributed by atoms with E-state index in [0.717, 1.165) is 28.5 Å². The molecule has 1 aliphatic heterocycles. The van der Waals surface area contributed by atoms with Crippen molar-refractivity contribution in [1.82, 2.24) is 15.2 Å². The summed E-state index contributed by atoms with van der Waals surface area (Å²) in [5.74, 6) is 0.732. The van der Waals surface area contributed by atoms with E-state index in [1.54, 1.807) is 0 Å². The Kier molecular flexibility index (Phi) is 4.18. The van der Waals surface area contributed by atoms with E-state index in [0.29, 0.717) is 12.1 Å². The van der Waals surface area contributed by atoms with Crippen molar-refractivity contribution in [3.63, 3.8) is 0 Å². The molecule has 0 unspecified atom stereocenters. The Morgan fingerprint density at radius 3 is 1.80 bits per heavy atom. The molecule has 2 aromatic carbocycles. The summed E-state index contributed by atoms with van der Waals surface area (Å²) in [4.78, 5) is 7.25. The van der Waals surface area contributed by atoms with E-state index in [9.17, 15) is 0 Å². The molecule has 25 heavy (non-hydrogen) atoms. The second kappa shape index (κ2) is 6.63. The second-order valence-corrected chi connectivity index (χ2v) is 6.72. The van der Waals surface area contributed by atoms with Crippen LogP contribution in [-0.4, -0.2) is 27.3 Å². The fourth-order valence-electron chi connectivity index (χ4n) is 3.60. The minimum Gasteiger partial charge on any atom is -0.334 e. The molecule has 0 saturated carbocycles. The Morgan fingerprint density at radius 2 is 1.24 bits per heavy atom. The van der Waals surface area contributed by atoms with Gasteiger partial charge < -0.3 is 4.90 Å². The molecular formula is C21H22N4. The monoisotopic (exact) mass is 330 g/mol. The van der Waals surface area contributed by atoms with Gasteiger partial charge in [0.1, 0.15) is 11.4 Å². The largest absolute Gasteiger partial charge is 0.334 e. The van der Waals surface area contributed by atoms with Crippen molar-refractivity contribution in [1.29, 1.82) is 0 Å². The molecule has 0 spiro atoms. The molecule has 1 saturated heterocycles. The molecule has 1 aromatic heterocycles. The van der Waals surface area contributed by atoms with E-state index in [1.165, 1.54) is 12.8 Å². The lowest BCUT2D eigenvalue weighted by Gasteiger charge is -2.26. The Balaban J connectivity index is 1.86. The quantitative estimate of drug-likeness (QED) is 0.705. The predicted molar refractivity (Wildman–Crippen MR) is 101 cm³/mol. The molecule has 1 aliphatic rings. The highest BCUT2D eigenvalue weighted by atomic mass is 15.4. The van der Waals surface area contributed by atoms with Crippen molar-refractivity contribution < 1.29 is 0 Å². The molecule has 0 aliphatic carbocycles. The van der Waals surface area contributed by atoms with Gasteiger partial charge in [-0.1, -0.05) is 60.7 Å². The molecule has 0 N–H and O–H groups in total. The molecule has 0 amide bonds. The first-order chi connectivity index (χ1) is 12.2. The second-order valence-electron chi connectivity index (χ2n) is 6.72. The van der Waals surface area contributed by atoms with Crippen LogP contribution in [-0.2, 0) is 0 Å². The van der Waals surface area contributed by atoms with Crippen LogP contribution in [0.15, 0.2) is 60.7 Å². The lowest BCUT2D eigenvalue weighted by Crippen LogP contribution is -2.34. The van der Waals surface area contributed by atoms with Crippen molar-refractivity contribution in [2.75, 3.05) is 4.90 Å². The van der Waals surface area contributed by atoms with Crippen LogP contribution in [0, 0.1) is 0 Å². The molecule has 1 fully saturated rings. The van der Waals surface area contributed by atoms with Crippen molar-refractivity contribution in [3.05, 3.63) is 60.7 Å². The van der Waals surface area contributed by atoms with Gasteiger partial charge in [-0.15, -0.1) is 10.2 Å². The van der Waals surface area contributed by atoms with Gasteiger partial charge in [0.2, 0.25) is 5.95 Å². The van der Waals surface area contributed by atoms with E-state index in [2.05, 4.69) is 53.2 Å². The summed E-state index contributed by atoms with van der Waals surface area (Å²) in [7, 11) is 0. The molecule has 4 rings (SSSR count). The summed E-state index contributed by atoms with van der Waals surface area (Å²) in [5, 5.41) is 9.07. The maximum absolute atomic E-state index is 4.95. The van der Waals surface area contributed by atoms with Crippen molar-refractivity contribution in [2.24, 2.45) is 0 Å². The van der Waals surface area contributed by atoms with Crippen LogP contribution in [0.25, 0.3) is 22.5 Å². The van der Waals surface area contributed by atoms with E-state index in [-0.39, 0.29) is 0 Å². The minimum atomic E-state index is 0.447. The Bertz CT molecular complexity index is 838. The van der Waals surface area contributed by atoms with E-state index >= 15 is 0 Å². The zero-order valence-electron chi connectivity index (χ0n) is 14.6. The van der Waals surface area contributed by atoms with Gasteiger partial charge in [-0.2, -0.15) is 0 Å². The molecule has 126 valence electrons. The molecule has 3 aromatic rings. The smallest absolute Gasteiger partial charge is 0.246 e. The van der Waals surface area contributed by atoms with Gasteiger partial charge in [0.15, 0.2) is 0 Å². The summed E-state index contributed by atoms with van der Waals surface area (Å²) in [6, 6.07) is 21.3. The summed E-state index contributed by atoms with van der Waals surface area (Å²) in [6.07, 6.45) is 2.34. The van der Waals surface area contributed by atoms with Gasteiger partial charge in [-0.05, 0) is 26.7 Å². The number of benzene rings is 2. The first-order valence-corrected chi connectivity index (χ1v) is 8.88. The first kappa shape index (κ1) is 15.8. The van der Waals surface area contributed by atoms with Gasteiger partial charge in [0, 0.05) is 23.2 Å². The predicted octanol–water partition coefficient (Wildman–Crippen LogP) is 4.58. The summed E-state index contributed by atoms with van der Waals surface area (Å²) in [5.41, 5.74) is 3.82. The molecule has 0 radical (unpaired) electrons. The number of rotatable bonds is 3. The van der Waals surface area contributed by atoms with Crippen LogP contribution in [0.1, 0.15) is 26.7 Å². The third kappa shape index (κ3) is 3.00. The average molecular weight is 330 g/mol. The lowest BCUT2D eigenvalue weighted by molar-refractivity contribution is 0.662. The standard InChI is InChI=1S/C21H22N4/c1-15-13-14-16(2)25(15)21-22-19(17-9-5-3-6-10-17)20(23-24-21)18-11-7-4-8-12-18/h3-12,15-16H,13-14H2,1-2H3/t15-,16+. The fourth-order valence-corrected chi connectivity index (χ4v) is 3.60. The highest BCUT2D eigenvalue weighted by Gasteiger charge is 2.30. The van der Waals surface area contributed by atoms with Crippen LogP contribution >= 0.6 is 0 Å². The van der Waals surface area contributed by atoms with Crippen LogP contribution < -0.4 is 4.90 Å². The summed E-state index contributed by atoms with van der Waals surface area (Å²) in [6.45, 7) is 4.47. The Labute approximate surface area is 148 Å². The van der Waals surface area contributed by atoms with Gasteiger partial charge >= 0.3 is 0 Å². The van der Waals surface area contributed by atoms with E-state index in [1.807, 2.05) is 36.4 Å². The molecule has 2 atom stereocenters. The SMILES string of the molecule is C[C@@H]1CC[C@H](C)N1c1nnc(-c2ccccc2)c(-c2ccccc2)n1. The summed E-state index contributed by atoms with van der Waals surface area (Å²) >= 11 is 0. The van der Waals surface area contributed by atoms with Crippen molar-refractivity contribution in [2.45, 2.75) is 38.8 Å². The van der Waals surface area contributed by atoms with Gasteiger partial charge in [-0.3, -0.25) is 0 Å². The third-order valence-corrected chi connectivity index (χ3v) is 4.95. The normalized spacial score (nSPS) is 20.0. The third-order valence-electron chi connectivity index (χ3n) is 4.95. The summed E-state index contributed by atoms with van der Waals surface area (Å²) < 4.78 is 0. The average Bonchev–Trinajstić information content (AvgIpc) is 3.01. The zero-order chi connectivity index (χ0) is 17.2. The number of hydrogen-bond donors (Lipinski definition) is 0. The van der Waals surface area contributed by atoms with Crippen LogP contribution in [0.4, 0.5) is 5.95 Å². The van der Waals surface area contributed by atoms with Crippen molar-refractivity contribution in [3.8, 4) is 22.5 Å². The van der Waals surface area contributed by atoms with Crippen LogP contribution in [0.2, 0.25) is 0 Å². The van der Waals surface area contributed by atoms with Gasteiger partial charge in [-0.25, -0.2) is 4.98 Å². The van der Waals surface area contributed by atoms with Crippen LogP contribution in [0.5, 0.6) is 0 Å². The number of hydrogen-bond acceptors (Lipinski definition) is 4. The fraction of sp³-hybridized carbons (Fsp3) is 0.286. The lowest BCUT2D eigenvalue weighted by atomic mass is 10.0. The highest BCUT2D eigenvalue weighted by molar-refractivity contribution is 5.78. The molecular weight excluding hydrogens is 308 g/mol. The number of aromatic nitrogens is 3. The van der Waals surface area contributed by atoms with E-state index < -0.39 is 0 Å². The maximum atomic E-state index is 4.95. The number of anilines is 1. The topological polar surface area (TPSA) is 41.9 Å². The van der Waals surface area contributed by atoms with E-state index in [4.69, 9.17) is 4.98 Å². The zero-order valence-corrected chi connectivity index (χ0v) is 14.6. The molecule has 2 heterocycles.